The summed E-state index contributed by atoms with van der Waals surface area (Å²) in [5.74, 6) is 3.78. The van der Waals surface area contributed by atoms with Gasteiger partial charge in [0.2, 0.25) is 0 Å². The molecule has 0 spiro atoms. The van der Waals surface area contributed by atoms with E-state index in [4.69, 9.17) is 11.6 Å². The molecule has 1 heterocycles. The van der Waals surface area contributed by atoms with Crippen LogP contribution in [0.5, 0.6) is 0 Å². The number of hydrogen-bond donors (Lipinski definition) is 0. The Bertz CT molecular complexity index is 439. The van der Waals surface area contributed by atoms with Gasteiger partial charge in [-0.2, -0.15) is 0 Å². The highest BCUT2D eigenvalue weighted by Crippen LogP contribution is 2.44. The molecule has 0 radical (unpaired) electrons. The Kier molecular flexibility index (Phi) is 5.79. The summed E-state index contributed by atoms with van der Waals surface area (Å²) in [4.78, 5) is 4.25. The molecular weight excluding hydrogens is 290 g/mol. The Morgan fingerprint density at radius 1 is 0.955 bits per heavy atom. The van der Waals surface area contributed by atoms with Crippen molar-refractivity contribution >= 4 is 11.6 Å². The molecule has 1 nitrogen and oxygen atoms in total. The van der Waals surface area contributed by atoms with Gasteiger partial charge in [-0.05, 0) is 73.8 Å². The topological polar surface area (TPSA) is 12.9 Å². The van der Waals surface area contributed by atoms with Crippen molar-refractivity contribution in [2.24, 2.45) is 17.8 Å². The lowest BCUT2D eigenvalue weighted by molar-refractivity contribution is 0.156. The third-order valence-corrected chi connectivity index (χ3v) is 6.47. The molecule has 2 aliphatic carbocycles. The van der Waals surface area contributed by atoms with E-state index in [2.05, 4.69) is 18.0 Å². The van der Waals surface area contributed by atoms with E-state index in [1.165, 1.54) is 69.8 Å². The highest BCUT2D eigenvalue weighted by atomic mass is 35.5. The second-order valence-electron chi connectivity index (χ2n) is 7.60. The second kappa shape index (κ2) is 7.81. The zero-order chi connectivity index (χ0) is 15.4. The van der Waals surface area contributed by atoms with Crippen molar-refractivity contribution in [3.63, 3.8) is 0 Å². The van der Waals surface area contributed by atoms with Gasteiger partial charge in [-0.15, -0.1) is 0 Å². The molecule has 2 heteroatoms. The van der Waals surface area contributed by atoms with Gasteiger partial charge in [0.05, 0.1) is 0 Å². The van der Waals surface area contributed by atoms with Crippen LogP contribution in [0, 0.1) is 17.8 Å². The minimum absolute atomic E-state index is 0.612. The van der Waals surface area contributed by atoms with E-state index in [1.807, 2.05) is 12.3 Å². The Labute approximate surface area is 140 Å². The van der Waals surface area contributed by atoms with E-state index < -0.39 is 0 Å². The predicted molar refractivity (Wildman–Crippen MR) is 94.3 cm³/mol. The number of rotatable bonds is 4. The number of halogens is 1. The summed E-state index contributed by atoms with van der Waals surface area (Å²) in [5.41, 5.74) is 1.40. The monoisotopic (exact) mass is 319 g/mol. The molecule has 0 amide bonds. The fraction of sp³-hybridized carbons (Fsp3) is 0.750. The van der Waals surface area contributed by atoms with Crippen LogP contribution in [0.3, 0.4) is 0 Å². The standard InChI is InChI=1S/C20H30ClN/c1-2-3-15-4-6-16(7-5-15)17-8-10-18(11-9-17)19-12-13-20(21)22-14-19/h12-18H,2-11H2,1H3/t15-,16-,17-,18-. The largest absolute Gasteiger partial charge is 0.244 e. The highest BCUT2D eigenvalue weighted by Gasteiger charge is 2.31. The fourth-order valence-corrected chi connectivity index (χ4v) is 5.02. The quantitative estimate of drug-likeness (QED) is 0.568. The van der Waals surface area contributed by atoms with E-state index in [0.29, 0.717) is 5.15 Å². The van der Waals surface area contributed by atoms with Crippen LogP contribution in [0.15, 0.2) is 18.3 Å². The van der Waals surface area contributed by atoms with Gasteiger partial charge < -0.3 is 0 Å². The third kappa shape index (κ3) is 4.04. The summed E-state index contributed by atoms with van der Waals surface area (Å²) in [6, 6.07) is 4.12. The van der Waals surface area contributed by atoms with Gasteiger partial charge in [0.25, 0.3) is 0 Å². The molecular formula is C20H30ClN. The van der Waals surface area contributed by atoms with Crippen LogP contribution >= 0.6 is 11.6 Å². The van der Waals surface area contributed by atoms with Gasteiger partial charge in [-0.3, -0.25) is 0 Å². The summed E-state index contributed by atoms with van der Waals surface area (Å²) in [6.07, 6.45) is 16.4. The molecule has 0 atom stereocenters. The van der Waals surface area contributed by atoms with Crippen molar-refractivity contribution < 1.29 is 0 Å². The van der Waals surface area contributed by atoms with Crippen molar-refractivity contribution in [2.75, 3.05) is 0 Å². The Hall–Kier alpha value is -0.560. The molecule has 2 aliphatic rings. The summed E-state index contributed by atoms with van der Waals surface area (Å²) in [6.45, 7) is 2.33. The minimum atomic E-state index is 0.612. The van der Waals surface area contributed by atoms with Crippen molar-refractivity contribution in [1.82, 2.24) is 4.98 Å². The highest BCUT2D eigenvalue weighted by molar-refractivity contribution is 6.29. The Morgan fingerprint density at radius 2 is 1.59 bits per heavy atom. The summed E-state index contributed by atoms with van der Waals surface area (Å²) in [5, 5.41) is 0.612. The van der Waals surface area contributed by atoms with Gasteiger partial charge in [0.1, 0.15) is 5.15 Å². The average molecular weight is 320 g/mol. The van der Waals surface area contributed by atoms with Crippen molar-refractivity contribution in [3.8, 4) is 0 Å². The number of hydrogen-bond acceptors (Lipinski definition) is 1. The number of aromatic nitrogens is 1. The maximum absolute atomic E-state index is 5.90. The maximum atomic E-state index is 5.90. The van der Waals surface area contributed by atoms with Gasteiger partial charge in [0.15, 0.2) is 0 Å². The molecule has 0 aromatic carbocycles. The van der Waals surface area contributed by atoms with E-state index >= 15 is 0 Å². The normalized spacial score (nSPS) is 32.8. The van der Waals surface area contributed by atoms with E-state index in [-0.39, 0.29) is 0 Å². The molecule has 1 aromatic rings. The molecule has 2 fully saturated rings. The predicted octanol–water partition coefficient (Wildman–Crippen LogP) is 6.62. The molecule has 122 valence electrons. The molecule has 0 saturated heterocycles. The molecule has 0 N–H and O–H groups in total. The van der Waals surface area contributed by atoms with Crippen molar-refractivity contribution in [2.45, 2.75) is 77.0 Å². The van der Waals surface area contributed by atoms with Crippen LogP contribution in [0.1, 0.15) is 82.6 Å². The van der Waals surface area contributed by atoms with E-state index in [1.54, 1.807) is 0 Å². The first kappa shape index (κ1) is 16.3. The van der Waals surface area contributed by atoms with E-state index in [0.717, 1.165) is 23.7 Å². The zero-order valence-electron chi connectivity index (χ0n) is 13.9. The van der Waals surface area contributed by atoms with Gasteiger partial charge in [0, 0.05) is 6.20 Å². The van der Waals surface area contributed by atoms with Crippen LogP contribution in [-0.4, -0.2) is 4.98 Å². The summed E-state index contributed by atoms with van der Waals surface area (Å²) in [7, 11) is 0. The van der Waals surface area contributed by atoms with Crippen LogP contribution in [-0.2, 0) is 0 Å². The molecule has 0 bridgehead atoms. The van der Waals surface area contributed by atoms with Gasteiger partial charge in [-0.1, -0.05) is 50.3 Å². The first-order chi connectivity index (χ1) is 10.8. The zero-order valence-corrected chi connectivity index (χ0v) is 14.7. The lowest BCUT2D eigenvalue weighted by Gasteiger charge is -2.38. The van der Waals surface area contributed by atoms with Crippen LogP contribution < -0.4 is 0 Å². The van der Waals surface area contributed by atoms with Gasteiger partial charge >= 0.3 is 0 Å². The second-order valence-corrected chi connectivity index (χ2v) is 7.98. The SMILES string of the molecule is CCC[C@H]1CC[C@H]([C@H]2CC[C@H](c3ccc(Cl)nc3)CC2)CC1. The fourth-order valence-electron chi connectivity index (χ4n) is 4.91. The molecule has 2 saturated carbocycles. The summed E-state index contributed by atoms with van der Waals surface area (Å²) >= 11 is 5.90. The van der Waals surface area contributed by atoms with Crippen LogP contribution in [0.4, 0.5) is 0 Å². The Balaban J connectivity index is 1.47. The smallest absolute Gasteiger partial charge is 0.129 e. The Morgan fingerprint density at radius 3 is 2.14 bits per heavy atom. The van der Waals surface area contributed by atoms with Crippen LogP contribution in [0.25, 0.3) is 0 Å². The van der Waals surface area contributed by atoms with Crippen molar-refractivity contribution in [1.29, 1.82) is 0 Å². The first-order valence-electron chi connectivity index (χ1n) is 9.37. The first-order valence-corrected chi connectivity index (χ1v) is 9.75. The third-order valence-electron chi connectivity index (χ3n) is 6.25. The summed E-state index contributed by atoms with van der Waals surface area (Å²) < 4.78 is 0. The molecule has 3 rings (SSSR count). The lowest BCUT2D eigenvalue weighted by atomic mass is 9.68. The number of pyridine rings is 1. The van der Waals surface area contributed by atoms with Gasteiger partial charge in [-0.25, -0.2) is 4.98 Å². The maximum Gasteiger partial charge on any atom is 0.129 e. The molecule has 0 aliphatic heterocycles. The van der Waals surface area contributed by atoms with Crippen LogP contribution in [0.2, 0.25) is 5.15 Å². The van der Waals surface area contributed by atoms with E-state index in [9.17, 15) is 0 Å². The molecule has 0 unspecified atom stereocenters. The number of nitrogens with zero attached hydrogens (tertiary/aromatic N) is 1. The average Bonchev–Trinajstić information content (AvgIpc) is 2.57. The lowest BCUT2D eigenvalue weighted by Crippen LogP contribution is -2.25. The van der Waals surface area contributed by atoms with Crippen molar-refractivity contribution in [3.05, 3.63) is 29.0 Å². The molecule has 1 aromatic heterocycles. The minimum Gasteiger partial charge on any atom is -0.244 e. The molecule has 22 heavy (non-hydrogen) atoms.